The van der Waals surface area contributed by atoms with Crippen molar-refractivity contribution < 1.29 is 4.84 Å². The maximum absolute atomic E-state index is 5.16. The average molecular weight is 256 g/mol. The molecular formula is C15H32N2O. The van der Waals surface area contributed by atoms with Gasteiger partial charge in [0.15, 0.2) is 0 Å². The molecule has 108 valence electrons. The lowest BCUT2D eigenvalue weighted by molar-refractivity contribution is 0.0191. The second kappa shape index (κ2) is 8.89. The van der Waals surface area contributed by atoms with Gasteiger partial charge in [-0.3, -0.25) is 0 Å². The van der Waals surface area contributed by atoms with Crippen LogP contribution in [0.3, 0.4) is 0 Å². The normalized spacial score (nSPS) is 30.5. The van der Waals surface area contributed by atoms with E-state index in [2.05, 4.69) is 10.4 Å². The van der Waals surface area contributed by atoms with E-state index >= 15 is 0 Å². The molecule has 0 radical (unpaired) electrons. The highest BCUT2D eigenvalue weighted by atomic mass is 16.6. The molecule has 0 bridgehead atoms. The molecule has 0 aromatic carbocycles. The van der Waals surface area contributed by atoms with Crippen LogP contribution in [0, 0.1) is 5.92 Å². The number of likely N-dealkylation sites (tertiary alicyclic amines) is 1. The van der Waals surface area contributed by atoms with Crippen molar-refractivity contribution in [3.05, 3.63) is 0 Å². The van der Waals surface area contributed by atoms with Crippen molar-refractivity contribution >= 4 is 0 Å². The minimum Gasteiger partial charge on any atom is -0.305 e. The summed E-state index contributed by atoms with van der Waals surface area (Å²) in [5.41, 5.74) is 3.21. The number of nitrogens with zero attached hydrogens (tertiary/aromatic N) is 1. The van der Waals surface area contributed by atoms with E-state index < -0.39 is 0 Å². The zero-order valence-electron chi connectivity index (χ0n) is 11.3. The summed E-state index contributed by atoms with van der Waals surface area (Å²) < 4.78 is 0. The average Bonchev–Trinajstić information content (AvgIpc) is 2.61. The molecule has 3 nitrogen and oxygen atoms in total. The summed E-state index contributed by atoms with van der Waals surface area (Å²) in [5, 5.41) is 0. The van der Waals surface area contributed by atoms with E-state index in [0.717, 1.165) is 5.92 Å². The van der Waals surface area contributed by atoms with Crippen LogP contribution in [0.15, 0.2) is 0 Å². The van der Waals surface area contributed by atoms with Crippen LogP contribution >= 0.6 is 0 Å². The summed E-state index contributed by atoms with van der Waals surface area (Å²) in [5.74, 6) is 0.793. The Kier molecular flexibility index (Phi) is 7.87. The summed E-state index contributed by atoms with van der Waals surface area (Å²) in [6.07, 6.45) is 11.1. The molecule has 2 aliphatic rings. The predicted molar refractivity (Wildman–Crippen MR) is 77.5 cm³/mol. The molecule has 2 fully saturated rings. The summed E-state index contributed by atoms with van der Waals surface area (Å²) in [6.45, 7) is 3.91. The minimum absolute atomic E-state index is 0. The second-order valence-corrected chi connectivity index (χ2v) is 5.69. The number of nitrogens with one attached hydrogen (secondary N) is 1. The Morgan fingerprint density at radius 2 is 1.67 bits per heavy atom. The van der Waals surface area contributed by atoms with E-state index in [4.69, 9.17) is 4.84 Å². The highest BCUT2D eigenvalue weighted by molar-refractivity contribution is 4.81. The summed E-state index contributed by atoms with van der Waals surface area (Å²) in [7, 11) is 1.75. The number of hydroxylamine groups is 1. The fraction of sp³-hybridized carbons (Fsp3) is 1.00. The molecule has 0 aromatic heterocycles. The van der Waals surface area contributed by atoms with Crippen LogP contribution in [0.2, 0.25) is 0 Å². The molecule has 1 saturated carbocycles. The van der Waals surface area contributed by atoms with Gasteiger partial charge in [0.25, 0.3) is 0 Å². The standard InChI is InChI=1S/C14H28N2O.CH4/c1-17-15-14-9-5-4-8-13(14)12-16-10-6-2-3-7-11-16;/h13-15H,2-12H2,1H3;1H4/t13-,14?;/m0./s1. The Bertz CT molecular complexity index is 201. The molecule has 0 spiro atoms. The van der Waals surface area contributed by atoms with Gasteiger partial charge in [-0.1, -0.05) is 33.1 Å². The molecule has 1 unspecified atom stereocenters. The van der Waals surface area contributed by atoms with Crippen LogP contribution in [0.1, 0.15) is 58.8 Å². The van der Waals surface area contributed by atoms with Gasteiger partial charge in [-0.25, -0.2) is 0 Å². The Morgan fingerprint density at radius 1 is 1.00 bits per heavy atom. The van der Waals surface area contributed by atoms with Crippen molar-refractivity contribution in [1.82, 2.24) is 10.4 Å². The minimum atomic E-state index is 0. The topological polar surface area (TPSA) is 24.5 Å². The summed E-state index contributed by atoms with van der Waals surface area (Å²) in [6, 6.07) is 0.581. The maximum Gasteiger partial charge on any atom is 0.0572 e. The van der Waals surface area contributed by atoms with Crippen molar-refractivity contribution in [2.45, 2.75) is 64.8 Å². The fourth-order valence-electron chi connectivity index (χ4n) is 3.38. The molecule has 1 N–H and O–H groups in total. The van der Waals surface area contributed by atoms with Crippen molar-refractivity contribution in [2.24, 2.45) is 5.92 Å². The molecule has 0 aromatic rings. The van der Waals surface area contributed by atoms with E-state index in [-0.39, 0.29) is 7.43 Å². The van der Waals surface area contributed by atoms with Gasteiger partial charge in [-0.05, 0) is 44.7 Å². The van der Waals surface area contributed by atoms with Gasteiger partial charge in [0, 0.05) is 12.6 Å². The summed E-state index contributed by atoms with van der Waals surface area (Å²) >= 11 is 0. The maximum atomic E-state index is 5.16. The first kappa shape index (κ1) is 15.9. The van der Waals surface area contributed by atoms with Gasteiger partial charge in [0.2, 0.25) is 0 Å². The first-order valence-corrected chi connectivity index (χ1v) is 7.41. The van der Waals surface area contributed by atoms with Crippen LogP contribution in [0.5, 0.6) is 0 Å². The lowest BCUT2D eigenvalue weighted by atomic mass is 9.84. The molecule has 0 amide bonds. The van der Waals surface area contributed by atoms with Gasteiger partial charge in [-0.2, -0.15) is 5.48 Å². The molecule has 2 atom stereocenters. The van der Waals surface area contributed by atoms with E-state index in [1.54, 1.807) is 7.11 Å². The quantitative estimate of drug-likeness (QED) is 0.782. The van der Waals surface area contributed by atoms with Gasteiger partial charge < -0.3 is 9.74 Å². The second-order valence-electron chi connectivity index (χ2n) is 5.69. The first-order chi connectivity index (χ1) is 8.40. The molecule has 1 saturated heterocycles. The van der Waals surface area contributed by atoms with E-state index in [9.17, 15) is 0 Å². The zero-order chi connectivity index (χ0) is 11.9. The van der Waals surface area contributed by atoms with Gasteiger partial charge in [0.1, 0.15) is 0 Å². The van der Waals surface area contributed by atoms with Gasteiger partial charge >= 0.3 is 0 Å². The van der Waals surface area contributed by atoms with Crippen LogP contribution in [-0.4, -0.2) is 37.7 Å². The molecule has 2 rings (SSSR count). The van der Waals surface area contributed by atoms with Gasteiger partial charge in [0.05, 0.1) is 7.11 Å². The SMILES string of the molecule is C.CONC1CCCC[C@H]1CN1CCCCCC1. The summed E-state index contributed by atoms with van der Waals surface area (Å²) in [4.78, 5) is 7.84. The van der Waals surface area contributed by atoms with E-state index in [0.29, 0.717) is 6.04 Å². The largest absolute Gasteiger partial charge is 0.305 e. The predicted octanol–water partition coefficient (Wildman–Crippen LogP) is 3.21. The van der Waals surface area contributed by atoms with Crippen LogP contribution < -0.4 is 5.48 Å². The van der Waals surface area contributed by atoms with Crippen LogP contribution in [-0.2, 0) is 4.84 Å². The van der Waals surface area contributed by atoms with Crippen LogP contribution in [0.4, 0.5) is 0 Å². The van der Waals surface area contributed by atoms with Gasteiger partial charge in [-0.15, -0.1) is 0 Å². The number of rotatable bonds is 4. The van der Waals surface area contributed by atoms with Crippen molar-refractivity contribution in [1.29, 1.82) is 0 Å². The third-order valence-electron chi connectivity index (χ3n) is 4.37. The molecule has 18 heavy (non-hydrogen) atoms. The zero-order valence-corrected chi connectivity index (χ0v) is 11.3. The third kappa shape index (κ3) is 4.87. The van der Waals surface area contributed by atoms with Crippen molar-refractivity contribution in [3.63, 3.8) is 0 Å². The highest BCUT2D eigenvalue weighted by Gasteiger charge is 2.26. The first-order valence-electron chi connectivity index (χ1n) is 7.41. The third-order valence-corrected chi connectivity index (χ3v) is 4.37. The van der Waals surface area contributed by atoms with Crippen molar-refractivity contribution in [3.8, 4) is 0 Å². The Morgan fingerprint density at radius 3 is 2.33 bits per heavy atom. The lowest BCUT2D eigenvalue weighted by Gasteiger charge is -2.35. The Labute approximate surface area is 113 Å². The fourth-order valence-corrected chi connectivity index (χ4v) is 3.38. The Balaban J connectivity index is 0.00000162. The molecular weight excluding hydrogens is 224 g/mol. The van der Waals surface area contributed by atoms with E-state index in [1.807, 2.05) is 0 Å². The number of hydrogen-bond donors (Lipinski definition) is 1. The molecule has 1 aliphatic heterocycles. The van der Waals surface area contributed by atoms with E-state index in [1.165, 1.54) is 71.0 Å². The lowest BCUT2D eigenvalue weighted by Crippen LogP contribution is -2.44. The smallest absolute Gasteiger partial charge is 0.0572 e. The monoisotopic (exact) mass is 256 g/mol. The number of hydrogen-bond acceptors (Lipinski definition) is 3. The molecule has 1 aliphatic carbocycles. The highest BCUT2D eigenvalue weighted by Crippen LogP contribution is 2.26. The molecule has 3 heteroatoms. The van der Waals surface area contributed by atoms with Crippen LogP contribution in [0.25, 0.3) is 0 Å². The molecule has 1 heterocycles. The Hall–Kier alpha value is -0.120. The van der Waals surface area contributed by atoms with Crippen molar-refractivity contribution in [2.75, 3.05) is 26.7 Å².